The highest BCUT2D eigenvalue weighted by atomic mass is 32.2. The SMILES string of the molecule is CCC(CC)C1CN=C(NCC2(C)CC2)S1. The van der Waals surface area contributed by atoms with Crippen molar-refractivity contribution in [1.29, 1.82) is 0 Å². The Morgan fingerprint density at radius 3 is 2.69 bits per heavy atom. The highest BCUT2D eigenvalue weighted by molar-refractivity contribution is 8.14. The molecule has 1 atom stereocenters. The first-order chi connectivity index (χ1) is 7.67. The first-order valence-corrected chi connectivity index (χ1v) is 7.50. The zero-order valence-corrected chi connectivity index (χ0v) is 11.6. The van der Waals surface area contributed by atoms with Crippen LogP contribution in [-0.4, -0.2) is 23.5 Å². The van der Waals surface area contributed by atoms with Crippen molar-refractivity contribution in [1.82, 2.24) is 5.32 Å². The van der Waals surface area contributed by atoms with Gasteiger partial charge in [0, 0.05) is 11.8 Å². The zero-order chi connectivity index (χ0) is 11.6. The number of aliphatic imine (C=N–C) groups is 1. The Labute approximate surface area is 104 Å². The molecule has 1 aliphatic carbocycles. The van der Waals surface area contributed by atoms with Crippen LogP contribution >= 0.6 is 11.8 Å². The molecule has 2 nitrogen and oxygen atoms in total. The van der Waals surface area contributed by atoms with Gasteiger partial charge in [0.15, 0.2) is 5.17 Å². The van der Waals surface area contributed by atoms with Crippen LogP contribution in [0.3, 0.4) is 0 Å². The van der Waals surface area contributed by atoms with Crippen molar-refractivity contribution < 1.29 is 0 Å². The van der Waals surface area contributed by atoms with E-state index in [0.717, 1.165) is 24.3 Å². The molecule has 1 N–H and O–H groups in total. The maximum atomic E-state index is 4.63. The molecule has 0 saturated heterocycles. The fourth-order valence-electron chi connectivity index (χ4n) is 2.23. The van der Waals surface area contributed by atoms with Crippen LogP contribution in [0, 0.1) is 11.3 Å². The molecule has 0 aromatic rings. The number of rotatable bonds is 5. The van der Waals surface area contributed by atoms with E-state index >= 15 is 0 Å². The maximum Gasteiger partial charge on any atom is 0.156 e. The predicted octanol–water partition coefficient (Wildman–Crippen LogP) is 3.28. The monoisotopic (exact) mass is 240 g/mol. The van der Waals surface area contributed by atoms with Crippen LogP contribution in [0.5, 0.6) is 0 Å². The third kappa shape index (κ3) is 2.93. The lowest BCUT2D eigenvalue weighted by atomic mass is 9.99. The molecule has 16 heavy (non-hydrogen) atoms. The molecule has 0 aromatic heterocycles. The Balaban J connectivity index is 1.73. The molecular formula is C13H24N2S. The number of hydrogen-bond acceptors (Lipinski definition) is 3. The number of amidine groups is 1. The van der Waals surface area contributed by atoms with E-state index in [-0.39, 0.29) is 0 Å². The van der Waals surface area contributed by atoms with Gasteiger partial charge in [-0.2, -0.15) is 0 Å². The van der Waals surface area contributed by atoms with Crippen LogP contribution in [0.15, 0.2) is 4.99 Å². The van der Waals surface area contributed by atoms with Crippen molar-refractivity contribution in [2.45, 2.75) is 51.7 Å². The second-order valence-electron chi connectivity index (χ2n) is 5.54. The van der Waals surface area contributed by atoms with E-state index in [2.05, 4.69) is 31.1 Å². The highest BCUT2D eigenvalue weighted by Crippen LogP contribution is 2.44. The molecule has 3 heteroatoms. The van der Waals surface area contributed by atoms with Gasteiger partial charge in [0.2, 0.25) is 0 Å². The summed E-state index contributed by atoms with van der Waals surface area (Å²) in [7, 11) is 0. The number of nitrogens with one attached hydrogen (secondary N) is 1. The van der Waals surface area contributed by atoms with Gasteiger partial charge in [0.1, 0.15) is 0 Å². The van der Waals surface area contributed by atoms with Crippen LogP contribution in [-0.2, 0) is 0 Å². The van der Waals surface area contributed by atoms with E-state index in [4.69, 9.17) is 0 Å². The van der Waals surface area contributed by atoms with Gasteiger partial charge in [0.25, 0.3) is 0 Å². The first-order valence-electron chi connectivity index (χ1n) is 6.62. The molecule has 92 valence electrons. The molecule has 1 unspecified atom stereocenters. The molecule has 1 fully saturated rings. The largest absolute Gasteiger partial charge is 0.364 e. The number of hydrogen-bond donors (Lipinski definition) is 1. The molecule has 2 aliphatic rings. The standard InChI is InChI=1S/C13H24N2S/c1-4-10(5-2)11-8-14-12(16-11)15-9-13(3)6-7-13/h10-11H,4-9H2,1-3H3,(H,14,15). The van der Waals surface area contributed by atoms with Crippen molar-refractivity contribution in [3.8, 4) is 0 Å². The summed E-state index contributed by atoms with van der Waals surface area (Å²) in [5.41, 5.74) is 0.579. The van der Waals surface area contributed by atoms with Crippen LogP contribution in [0.4, 0.5) is 0 Å². The second-order valence-corrected chi connectivity index (χ2v) is 6.77. The summed E-state index contributed by atoms with van der Waals surface area (Å²) in [6.07, 6.45) is 5.34. The topological polar surface area (TPSA) is 24.4 Å². The lowest BCUT2D eigenvalue weighted by molar-refractivity contribution is 0.479. The second kappa shape index (κ2) is 4.99. The molecule has 0 aromatic carbocycles. The minimum Gasteiger partial charge on any atom is -0.364 e. The molecule has 0 bridgehead atoms. The quantitative estimate of drug-likeness (QED) is 0.797. The van der Waals surface area contributed by atoms with Gasteiger partial charge in [-0.25, -0.2) is 0 Å². The van der Waals surface area contributed by atoms with Gasteiger partial charge >= 0.3 is 0 Å². The Bertz CT molecular complexity index is 267. The summed E-state index contributed by atoms with van der Waals surface area (Å²) < 4.78 is 0. The van der Waals surface area contributed by atoms with Gasteiger partial charge in [-0.05, 0) is 24.2 Å². The molecule has 0 spiro atoms. The summed E-state index contributed by atoms with van der Waals surface area (Å²) in [5.74, 6) is 0.838. The minimum atomic E-state index is 0.579. The predicted molar refractivity (Wildman–Crippen MR) is 73.1 cm³/mol. The third-order valence-electron chi connectivity index (χ3n) is 4.02. The van der Waals surface area contributed by atoms with Gasteiger partial charge in [0.05, 0.1) is 6.54 Å². The summed E-state index contributed by atoms with van der Waals surface area (Å²) in [5, 5.41) is 5.46. The van der Waals surface area contributed by atoms with Crippen molar-refractivity contribution >= 4 is 16.9 Å². The van der Waals surface area contributed by atoms with Crippen LogP contribution in [0.25, 0.3) is 0 Å². The van der Waals surface area contributed by atoms with Crippen molar-refractivity contribution in [3.63, 3.8) is 0 Å². The Morgan fingerprint density at radius 2 is 2.12 bits per heavy atom. The van der Waals surface area contributed by atoms with E-state index in [1.807, 2.05) is 11.8 Å². The van der Waals surface area contributed by atoms with Crippen molar-refractivity contribution in [3.05, 3.63) is 0 Å². The minimum absolute atomic E-state index is 0.579. The zero-order valence-electron chi connectivity index (χ0n) is 10.8. The average molecular weight is 240 g/mol. The molecule has 2 rings (SSSR count). The molecule has 0 radical (unpaired) electrons. The Kier molecular flexibility index (Phi) is 3.83. The Morgan fingerprint density at radius 1 is 1.44 bits per heavy atom. The highest BCUT2D eigenvalue weighted by Gasteiger charge is 2.37. The smallest absolute Gasteiger partial charge is 0.156 e. The number of nitrogens with zero attached hydrogens (tertiary/aromatic N) is 1. The van der Waals surface area contributed by atoms with Crippen LogP contribution in [0.2, 0.25) is 0 Å². The summed E-state index contributed by atoms with van der Waals surface area (Å²) >= 11 is 1.98. The van der Waals surface area contributed by atoms with E-state index in [1.54, 1.807) is 0 Å². The number of thioether (sulfide) groups is 1. The van der Waals surface area contributed by atoms with Crippen molar-refractivity contribution in [2.24, 2.45) is 16.3 Å². The summed E-state index contributed by atoms with van der Waals surface area (Å²) in [6, 6.07) is 0. The molecule has 1 heterocycles. The third-order valence-corrected chi connectivity index (χ3v) is 5.36. The van der Waals surface area contributed by atoms with Gasteiger partial charge in [-0.1, -0.05) is 45.4 Å². The normalized spacial score (nSPS) is 27.0. The Hall–Kier alpha value is -0.180. The molecule has 0 amide bonds. The van der Waals surface area contributed by atoms with E-state index in [9.17, 15) is 0 Å². The lowest BCUT2D eigenvalue weighted by Gasteiger charge is -2.19. The molecule has 1 aliphatic heterocycles. The van der Waals surface area contributed by atoms with E-state index in [0.29, 0.717) is 5.41 Å². The average Bonchev–Trinajstić information content (AvgIpc) is 2.84. The fraction of sp³-hybridized carbons (Fsp3) is 0.923. The lowest BCUT2D eigenvalue weighted by Crippen LogP contribution is -2.26. The summed E-state index contributed by atoms with van der Waals surface area (Å²) in [4.78, 5) is 4.63. The van der Waals surface area contributed by atoms with E-state index < -0.39 is 0 Å². The molecular weight excluding hydrogens is 216 g/mol. The first kappa shape index (κ1) is 12.3. The summed E-state index contributed by atoms with van der Waals surface area (Å²) in [6.45, 7) is 9.10. The van der Waals surface area contributed by atoms with Gasteiger partial charge in [-0.3, -0.25) is 4.99 Å². The fourth-order valence-corrected chi connectivity index (χ4v) is 3.55. The van der Waals surface area contributed by atoms with Crippen LogP contribution < -0.4 is 5.32 Å². The van der Waals surface area contributed by atoms with Gasteiger partial charge in [-0.15, -0.1) is 0 Å². The van der Waals surface area contributed by atoms with Gasteiger partial charge < -0.3 is 5.32 Å². The van der Waals surface area contributed by atoms with Crippen LogP contribution in [0.1, 0.15) is 46.5 Å². The van der Waals surface area contributed by atoms with E-state index in [1.165, 1.54) is 30.9 Å². The maximum absolute atomic E-state index is 4.63. The van der Waals surface area contributed by atoms with Crippen molar-refractivity contribution in [2.75, 3.05) is 13.1 Å². The molecule has 1 saturated carbocycles.